The molecule has 1 aromatic heterocycles. The second-order valence-corrected chi connectivity index (χ2v) is 5.72. The Balaban J connectivity index is 2.38. The molecule has 1 atom stereocenters. The van der Waals surface area contributed by atoms with Crippen LogP contribution in [0.2, 0.25) is 5.02 Å². The molecule has 114 valence electrons. The monoisotopic (exact) mass is 307 g/mol. The zero-order valence-corrected chi connectivity index (χ0v) is 13.7. The molecule has 2 rings (SSSR count). The number of benzene rings is 1. The van der Waals surface area contributed by atoms with E-state index in [1.165, 1.54) is 0 Å². The SMILES string of the molecule is CCC(N)Cc1c(Cl)cccc1Oc1c(C)nn(C)c1C. The summed E-state index contributed by atoms with van der Waals surface area (Å²) >= 11 is 6.33. The van der Waals surface area contributed by atoms with Crippen LogP contribution in [0.15, 0.2) is 18.2 Å². The van der Waals surface area contributed by atoms with Gasteiger partial charge in [0, 0.05) is 23.7 Å². The van der Waals surface area contributed by atoms with Crippen molar-refractivity contribution in [1.82, 2.24) is 9.78 Å². The van der Waals surface area contributed by atoms with Gasteiger partial charge in [-0.15, -0.1) is 0 Å². The third-order valence-corrected chi connectivity index (χ3v) is 4.08. The van der Waals surface area contributed by atoms with Gasteiger partial charge in [-0.05, 0) is 38.8 Å². The van der Waals surface area contributed by atoms with Crippen molar-refractivity contribution in [3.8, 4) is 11.5 Å². The van der Waals surface area contributed by atoms with Crippen LogP contribution < -0.4 is 10.5 Å². The summed E-state index contributed by atoms with van der Waals surface area (Å²) in [5, 5.41) is 5.06. The van der Waals surface area contributed by atoms with Crippen LogP contribution in [-0.4, -0.2) is 15.8 Å². The molecule has 0 radical (unpaired) electrons. The van der Waals surface area contributed by atoms with Gasteiger partial charge in [-0.3, -0.25) is 4.68 Å². The van der Waals surface area contributed by atoms with E-state index in [9.17, 15) is 0 Å². The van der Waals surface area contributed by atoms with Crippen LogP contribution in [0.1, 0.15) is 30.3 Å². The first-order valence-electron chi connectivity index (χ1n) is 7.15. The Hall–Kier alpha value is -1.52. The minimum Gasteiger partial charge on any atom is -0.453 e. The Morgan fingerprint density at radius 1 is 1.38 bits per heavy atom. The fraction of sp³-hybridized carbons (Fsp3) is 0.438. The molecule has 4 nitrogen and oxygen atoms in total. The predicted octanol–water partition coefficient (Wildman–Crippen LogP) is 3.76. The topological polar surface area (TPSA) is 53.1 Å². The third kappa shape index (κ3) is 3.39. The predicted molar refractivity (Wildman–Crippen MR) is 86.2 cm³/mol. The van der Waals surface area contributed by atoms with Crippen molar-refractivity contribution in [2.24, 2.45) is 12.8 Å². The van der Waals surface area contributed by atoms with E-state index in [1.54, 1.807) is 0 Å². The van der Waals surface area contributed by atoms with E-state index in [4.69, 9.17) is 22.1 Å². The van der Waals surface area contributed by atoms with Crippen molar-refractivity contribution in [2.45, 2.75) is 39.7 Å². The second-order valence-electron chi connectivity index (χ2n) is 5.31. The minimum atomic E-state index is 0.0725. The molecule has 0 spiro atoms. The number of halogens is 1. The van der Waals surface area contributed by atoms with Gasteiger partial charge in [-0.1, -0.05) is 24.6 Å². The molecule has 1 aromatic carbocycles. The molecular weight excluding hydrogens is 286 g/mol. The van der Waals surface area contributed by atoms with Crippen LogP contribution in [-0.2, 0) is 13.5 Å². The summed E-state index contributed by atoms with van der Waals surface area (Å²) in [6.07, 6.45) is 1.60. The van der Waals surface area contributed by atoms with E-state index >= 15 is 0 Å². The third-order valence-electron chi connectivity index (χ3n) is 3.72. The number of aryl methyl sites for hydroxylation is 2. The fourth-order valence-corrected chi connectivity index (χ4v) is 2.49. The van der Waals surface area contributed by atoms with Crippen molar-refractivity contribution in [3.63, 3.8) is 0 Å². The molecule has 0 saturated heterocycles. The molecular formula is C16H22ClN3O. The van der Waals surface area contributed by atoms with E-state index in [0.29, 0.717) is 11.4 Å². The smallest absolute Gasteiger partial charge is 0.171 e. The number of rotatable bonds is 5. The Bertz CT molecular complexity index is 637. The van der Waals surface area contributed by atoms with Crippen molar-refractivity contribution in [2.75, 3.05) is 0 Å². The molecule has 0 amide bonds. The maximum Gasteiger partial charge on any atom is 0.171 e. The molecule has 2 aromatic rings. The largest absolute Gasteiger partial charge is 0.453 e. The highest BCUT2D eigenvalue weighted by atomic mass is 35.5. The second kappa shape index (κ2) is 6.50. The van der Waals surface area contributed by atoms with E-state index in [0.717, 1.165) is 34.9 Å². The van der Waals surface area contributed by atoms with Crippen molar-refractivity contribution < 1.29 is 4.74 Å². The normalized spacial score (nSPS) is 12.5. The Morgan fingerprint density at radius 3 is 2.67 bits per heavy atom. The highest BCUT2D eigenvalue weighted by molar-refractivity contribution is 6.31. The zero-order chi connectivity index (χ0) is 15.6. The number of ether oxygens (including phenoxy) is 1. The first kappa shape index (κ1) is 15.9. The van der Waals surface area contributed by atoms with Crippen molar-refractivity contribution in [1.29, 1.82) is 0 Å². The van der Waals surface area contributed by atoms with Gasteiger partial charge in [0.2, 0.25) is 0 Å². The van der Waals surface area contributed by atoms with Gasteiger partial charge in [0.1, 0.15) is 11.4 Å². The summed E-state index contributed by atoms with van der Waals surface area (Å²) in [6.45, 7) is 5.99. The maximum atomic E-state index is 6.33. The molecule has 21 heavy (non-hydrogen) atoms. The standard InChI is InChI=1S/C16H22ClN3O/c1-5-12(18)9-13-14(17)7-6-8-15(13)21-16-10(2)19-20(4)11(16)3/h6-8,12H,5,9,18H2,1-4H3. The molecule has 0 aliphatic rings. The van der Waals surface area contributed by atoms with Crippen molar-refractivity contribution >= 4 is 11.6 Å². The molecule has 5 heteroatoms. The Kier molecular flexibility index (Phi) is 4.91. The van der Waals surface area contributed by atoms with Gasteiger partial charge in [-0.2, -0.15) is 5.10 Å². The lowest BCUT2D eigenvalue weighted by Gasteiger charge is -2.15. The molecule has 0 aliphatic heterocycles. The summed E-state index contributed by atoms with van der Waals surface area (Å²) in [7, 11) is 1.90. The summed E-state index contributed by atoms with van der Waals surface area (Å²) < 4.78 is 7.91. The average molecular weight is 308 g/mol. The summed E-state index contributed by atoms with van der Waals surface area (Å²) in [5.74, 6) is 1.54. The first-order chi connectivity index (χ1) is 9.93. The molecule has 1 heterocycles. The van der Waals surface area contributed by atoms with Crippen molar-refractivity contribution in [3.05, 3.63) is 40.2 Å². The van der Waals surface area contributed by atoms with Crippen LogP contribution in [0.5, 0.6) is 11.5 Å². The van der Waals surface area contributed by atoms with Crippen LogP contribution in [0.4, 0.5) is 0 Å². The maximum absolute atomic E-state index is 6.33. The number of aromatic nitrogens is 2. The lowest BCUT2D eigenvalue weighted by Crippen LogP contribution is -2.21. The lowest BCUT2D eigenvalue weighted by atomic mass is 10.0. The molecule has 2 N–H and O–H groups in total. The van der Waals surface area contributed by atoms with Gasteiger partial charge >= 0.3 is 0 Å². The van der Waals surface area contributed by atoms with Crippen LogP contribution >= 0.6 is 11.6 Å². The zero-order valence-electron chi connectivity index (χ0n) is 13.0. The van der Waals surface area contributed by atoms with Gasteiger partial charge in [-0.25, -0.2) is 0 Å². The average Bonchev–Trinajstić information content (AvgIpc) is 2.68. The Morgan fingerprint density at radius 2 is 2.10 bits per heavy atom. The summed E-state index contributed by atoms with van der Waals surface area (Å²) in [5.41, 5.74) is 8.87. The molecule has 0 bridgehead atoms. The lowest BCUT2D eigenvalue weighted by molar-refractivity contribution is 0.464. The van der Waals surface area contributed by atoms with E-state index in [1.807, 2.05) is 43.8 Å². The van der Waals surface area contributed by atoms with Gasteiger partial charge < -0.3 is 10.5 Å². The van der Waals surface area contributed by atoms with Crippen LogP contribution in [0.3, 0.4) is 0 Å². The number of nitrogens with zero attached hydrogens (tertiary/aromatic N) is 2. The molecule has 0 saturated carbocycles. The molecule has 0 fully saturated rings. The number of nitrogens with two attached hydrogens (primary N) is 1. The molecule has 0 aliphatic carbocycles. The summed E-state index contributed by atoms with van der Waals surface area (Å²) in [4.78, 5) is 0. The molecule has 1 unspecified atom stereocenters. The van der Waals surface area contributed by atoms with Crippen LogP contribution in [0.25, 0.3) is 0 Å². The van der Waals surface area contributed by atoms with Gasteiger partial charge in [0.15, 0.2) is 5.75 Å². The van der Waals surface area contributed by atoms with E-state index < -0.39 is 0 Å². The summed E-state index contributed by atoms with van der Waals surface area (Å²) in [6, 6.07) is 5.76. The fourth-order valence-electron chi connectivity index (χ4n) is 2.25. The minimum absolute atomic E-state index is 0.0725. The Labute approximate surface area is 130 Å². The highest BCUT2D eigenvalue weighted by Gasteiger charge is 2.16. The van der Waals surface area contributed by atoms with E-state index in [2.05, 4.69) is 12.0 Å². The highest BCUT2D eigenvalue weighted by Crippen LogP contribution is 2.34. The van der Waals surface area contributed by atoms with E-state index in [-0.39, 0.29) is 6.04 Å². The number of hydrogen-bond donors (Lipinski definition) is 1. The van der Waals surface area contributed by atoms with Crippen LogP contribution in [0, 0.1) is 13.8 Å². The number of hydrogen-bond acceptors (Lipinski definition) is 3. The first-order valence-corrected chi connectivity index (χ1v) is 7.52. The van der Waals surface area contributed by atoms with Gasteiger partial charge in [0.25, 0.3) is 0 Å². The van der Waals surface area contributed by atoms with Gasteiger partial charge in [0.05, 0.1) is 5.69 Å². The quantitative estimate of drug-likeness (QED) is 0.915.